The predicted molar refractivity (Wildman–Crippen MR) is 52.2 cm³/mol. The van der Waals surface area contributed by atoms with E-state index in [0.29, 0.717) is 5.75 Å². The first-order valence-electron chi connectivity index (χ1n) is 4.20. The summed E-state index contributed by atoms with van der Waals surface area (Å²) in [5.74, 6) is 1.53. The molecule has 0 aliphatic carbocycles. The Morgan fingerprint density at radius 2 is 2.38 bits per heavy atom. The van der Waals surface area contributed by atoms with Crippen LogP contribution >= 0.6 is 11.8 Å². The first kappa shape index (κ1) is 8.63. The summed E-state index contributed by atoms with van der Waals surface area (Å²) >= 11 is 1.82. The van der Waals surface area contributed by atoms with Crippen molar-refractivity contribution in [2.45, 2.75) is 18.2 Å². The van der Waals surface area contributed by atoms with Gasteiger partial charge in [-0.3, -0.25) is 4.79 Å². The second-order valence-corrected chi connectivity index (χ2v) is 4.10. The number of rotatable bonds is 1. The monoisotopic (exact) mass is 194 g/mol. The predicted octanol–water partition coefficient (Wildman–Crippen LogP) is 2.26. The highest BCUT2D eigenvalue weighted by atomic mass is 32.2. The zero-order valence-corrected chi connectivity index (χ0v) is 8.19. The average molecular weight is 194 g/mol. The quantitative estimate of drug-likeness (QED) is 0.506. The molecule has 0 aromatic heterocycles. The number of aryl methyl sites for hydroxylation is 1. The molecule has 3 heteroatoms. The van der Waals surface area contributed by atoms with Gasteiger partial charge in [0.15, 0.2) is 0 Å². The smallest absolute Gasteiger partial charge is 0.308 e. The van der Waals surface area contributed by atoms with E-state index in [1.54, 1.807) is 0 Å². The van der Waals surface area contributed by atoms with E-state index in [1.807, 2.05) is 30.0 Å². The number of esters is 1. The normalized spacial score (nSPS) is 13.9. The summed E-state index contributed by atoms with van der Waals surface area (Å²) in [5, 5.41) is 0. The number of hydrogen-bond acceptors (Lipinski definition) is 3. The van der Waals surface area contributed by atoms with Crippen molar-refractivity contribution in [2.75, 3.05) is 5.75 Å². The minimum atomic E-state index is -0.261. The lowest BCUT2D eigenvalue weighted by Gasteiger charge is -2.02. The first-order valence-corrected chi connectivity index (χ1v) is 5.18. The summed E-state index contributed by atoms with van der Waals surface area (Å²) < 4.78 is 4.99. The van der Waals surface area contributed by atoms with Crippen molar-refractivity contribution in [2.24, 2.45) is 0 Å². The number of benzene rings is 1. The van der Waals surface area contributed by atoms with E-state index in [1.165, 1.54) is 17.4 Å². The van der Waals surface area contributed by atoms with Crippen molar-refractivity contribution >= 4 is 17.7 Å². The van der Waals surface area contributed by atoms with Gasteiger partial charge in [-0.05, 0) is 24.1 Å². The number of carbonyl (C=O) groups is 1. The van der Waals surface area contributed by atoms with Crippen LogP contribution in [0.5, 0.6) is 5.75 Å². The summed E-state index contributed by atoms with van der Waals surface area (Å²) in [6.07, 6.45) is 1.13. The van der Waals surface area contributed by atoms with Gasteiger partial charge in [-0.1, -0.05) is 6.07 Å². The van der Waals surface area contributed by atoms with Crippen molar-refractivity contribution in [3.63, 3.8) is 0 Å². The van der Waals surface area contributed by atoms with Crippen LogP contribution in [0.3, 0.4) is 0 Å². The Kier molecular flexibility index (Phi) is 2.27. The highest BCUT2D eigenvalue weighted by molar-refractivity contribution is 7.99. The van der Waals surface area contributed by atoms with E-state index in [0.717, 1.165) is 12.2 Å². The second kappa shape index (κ2) is 3.42. The van der Waals surface area contributed by atoms with Crippen LogP contribution in [0, 0.1) is 0 Å². The molecule has 0 atom stereocenters. The fourth-order valence-corrected chi connectivity index (χ4v) is 2.47. The fraction of sp³-hybridized carbons (Fsp3) is 0.300. The zero-order chi connectivity index (χ0) is 9.26. The molecule has 0 radical (unpaired) electrons. The van der Waals surface area contributed by atoms with Crippen LogP contribution in [0.15, 0.2) is 23.1 Å². The van der Waals surface area contributed by atoms with Crippen molar-refractivity contribution < 1.29 is 9.53 Å². The molecule has 0 N–H and O–H groups in total. The van der Waals surface area contributed by atoms with E-state index >= 15 is 0 Å². The highest BCUT2D eigenvalue weighted by Gasteiger charge is 2.12. The van der Waals surface area contributed by atoms with E-state index in [4.69, 9.17) is 4.74 Å². The van der Waals surface area contributed by atoms with E-state index in [2.05, 4.69) is 0 Å². The average Bonchev–Trinajstić information content (AvgIpc) is 2.49. The minimum absolute atomic E-state index is 0.261. The van der Waals surface area contributed by atoms with Gasteiger partial charge in [0, 0.05) is 17.6 Å². The molecular formula is C10H10O2S. The molecule has 68 valence electrons. The van der Waals surface area contributed by atoms with Gasteiger partial charge in [-0.2, -0.15) is 0 Å². The van der Waals surface area contributed by atoms with Gasteiger partial charge in [-0.15, -0.1) is 11.8 Å². The van der Waals surface area contributed by atoms with Gasteiger partial charge < -0.3 is 4.74 Å². The lowest BCUT2D eigenvalue weighted by Crippen LogP contribution is -2.01. The molecule has 1 aromatic rings. The van der Waals surface area contributed by atoms with Crippen molar-refractivity contribution in [3.05, 3.63) is 23.8 Å². The summed E-state index contributed by atoms with van der Waals surface area (Å²) in [4.78, 5) is 11.9. The molecule has 0 fully saturated rings. The lowest BCUT2D eigenvalue weighted by atomic mass is 10.2. The van der Waals surface area contributed by atoms with Gasteiger partial charge in [0.05, 0.1) is 0 Å². The third-order valence-electron chi connectivity index (χ3n) is 1.93. The summed E-state index contributed by atoms with van der Waals surface area (Å²) in [5.41, 5.74) is 1.36. The molecule has 1 aliphatic heterocycles. The summed E-state index contributed by atoms with van der Waals surface area (Å²) in [6.45, 7) is 1.42. The van der Waals surface area contributed by atoms with Crippen molar-refractivity contribution in [1.82, 2.24) is 0 Å². The van der Waals surface area contributed by atoms with E-state index in [-0.39, 0.29) is 5.97 Å². The minimum Gasteiger partial charge on any atom is -0.427 e. The van der Waals surface area contributed by atoms with Crippen LogP contribution in [0.1, 0.15) is 12.5 Å². The van der Waals surface area contributed by atoms with Crippen LogP contribution in [0.4, 0.5) is 0 Å². The van der Waals surface area contributed by atoms with Crippen molar-refractivity contribution in [3.8, 4) is 5.75 Å². The molecule has 0 saturated carbocycles. The molecule has 1 heterocycles. The number of fused-ring (bicyclic) bond motifs is 1. The Labute approximate surface area is 81.3 Å². The van der Waals surface area contributed by atoms with E-state index in [9.17, 15) is 4.79 Å². The third-order valence-corrected chi connectivity index (χ3v) is 3.03. The van der Waals surface area contributed by atoms with Crippen LogP contribution in [0.2, 0.25) is 0 Å². The Morgan fingerprint density at radius 1 is 1.54 bits per heavy atom. The maximum Gasteiger partial charge on any atom is 0.308 e. The SMILES string of the molecule is CC(=O)Oc1ccc2c(c1)SCC2. The molecule has 0 bridgehead atoms. The van der Waals surface area contributed by atoms with Gasteiger partial charge in [0.2, 0.25) is 0 Å². The molecule has 1 aliphatic rings. The van der Waals surface area contributed by atoms with Crippen LogP contribution in [-0.4, -0.2) is 11.7 Å². The molecule has 0 spiro atoms. The second-order valence-electron chi connectivity index (χ2n) is 2.96. The van der Waals surface area contributed by atoms with Crippen LogP contribution in [0.25, 0.3) is 0 Å². The lowest BCUT2D eigenvalue weighted by molar-refractivity contribution is -0.131. The summed E-state index contributed by atoms with van der Waals surface area (Å²) in [6, 6.07) is 5.83. The molecule has 2 nitrogen and oxygen atoms in total. The van der Waals surface area contributed by atoms with Crippen LogP contribution < -0.4 is 4.74 Å². The third kappa shape index (κ3) is 1.86. The van der Waals surface area contributed by atoms with Gasteiger partial charge in [0.25, 0.3) is 0 Å². The van der Waals surface area contributed by atoms with Crippen LogP contribution in [-0.2, 0) is 11.2 Å². The first-order chi connectivity index (χ1) is 6.25. The maximum absolute atomic E-state index is 10.7. The maximum atomic E-state index is 10.7. The molecule has 0 saturated heterocycles. The largest absolute Gasteiger partial charge is 0.427 e. The number of hydrogen-bond donors (Lipinski definition) is 0. The van der Waals surface area contributed by atoms with E-state index < -0.39 is 0 Å². The number of ether oxygens (including phenoxy) is 1. The van der Waals surface area contributed by atoms with Gasteiger partial charge in [0.1, 0.15) is 5.75 Å². The Morgan fingerprint density at radius 3 is 3.15 bits per heavy atom. The standard InChI is InChI=1S/C10H10O2S/c1-7(11)12-9-3-2-8-4-5-13-10(8)6-9/h2-3,6H,4-5H2,1H3. The van der Waals surface area contributed by atoms with Gasteiger partial charge >= 0.3 is 5.97 Å². The molecule has 2 rings (SSSR count). The molecule has 1 aromatic carbocycles. The molecular weight excluding hydrogens is 184 g/mol. The summed E-state index contributed by atoms with van der Waals surface area (Å²) in [7, 11) is 0. The Hall–Kier alpha value is -0.960. The zero-order valence-electron chi connectivity index (χ0n) is 7.37. The number of thioether (sulfide) groups is 1. The fourth-order valence-electron chi connectivity index (χ4n) is 1.38. The van der Waals surface area contributed by atoms with Crippen molar-refractivity contribution in [1.29, 1.82) is 0 Å². The highest BCUT2D eigenvalue weighted by Crippen LogP contribution is 2.33. The molecule has 0 amide bonds. The van der Waals surface area contributed by atoms with Gasteiger partial charge in [-0.25, -0.2) is 0 Å². The molecule has 0 unspecified atom stereocenters. The topological polar surface area (TPSA) is 26.3 Å². The Bertz CT molecular complexity index is 347. The molecule has 13 heavy (non-hydrogen) atoms. The Balaban J connectivity index is 2.25. The number of carbonyl (C=O) groups excluding carboxylic acids is 1.